The van der Waals surface area contributed by atoms with Gasteiger partial charge < -0.3 is 15.1 Å². The molecule has 0 aliphatic rings. The summed E-state index contributed by atoms with van der Waals surface area (Å²) < 4.78 is 27.7. The normalized spacial score (nSPS) is 11.4. The number of hydrogen-bond acceptors (Lipinski definition) is 5. The van der Waals surface area contributed by atoms with E-state index >= 15 is 0 Å². The molecule has 0 fully saturated rings. The van der Waals surface area contributed by atoms with E-state index in [2.05, 4.69) is 15.6 Å². The number of nitrogens with zero attached hydrogens (tertiary/aromatic N) is 1. The number of fused-ring (bicyclic) bond motifs is 1. The summed E-state index contributed by atoms with van der Waals surface area (Å²) in [5.74, 6) is 0.543. The molecule has 0 atom stereocenters. The molecule has 0 bridgehead atoms. The Morgan fingerprint density at radius 3 is 2.38 bits per heavy atom. The summed E-state index contributed by atoms with van der Waals surface area (Å²) in [4.78, 5) is 16.2. The van der Waals surface area contributed by atoms with E-state index in [1.165, 1.54) is 24.3 Å². The minimum absolute atomic E-state index is 0.0275. The van der Waals surface area contributed by atoms with Gasteiger partial charge in [0.2, 0.25) is 10.0 Å². The van der Waals surface area contributed by atoms with Gasteiger partial charge in [0.1, 0.15) is 5.52 Å². The minimum atomic E-state index is -3.76. The fraction of sp³-hybridized carbons (Fsp3) is 0.0667. The number of anilines is 2. The van der Waals surface area contributed by atoms with Crippen LogP contribution in [0.2, 0.25) is 0 Å². The second-order valence-electron chi connectivity index (χ2n) is 5.06. The van der Waals surface area contributed by atoms with Crippen LogP contribution >= 0.6 is 0 Å². The van der Waals surface area contributed by atoms with Crippen molar-refractivity contribution in [2.24, 2.45) is 5.14 Å². The summed E-state index contributed by atoms with van der Waals surface area (Å²) in [5.41, 5.74) is 2.26. The molecule has 1 heterocycles. The third kappa shape index (κ3) is 3.53. The molecule has 0 radical (unpaired) electrons. The molecule has 3 aromatic rings. The summed E-state index contributed by atoms with van der Waals surface area (Å²) in [5, 5.41) is 10.3. The number of aryl methyl sites for hydroxylation is 1. The highest BCUT2D eigenvalue weighted by molar-refractivity contribution is 7.89. The van der Waals surface area contributed by atoms with Crippen molar-refractivity contribution in [2.75, 3.05) is 10.6 Å². The summed E-state index contributed by atoms with van der Waals surface area (Å²) in [7, 11) is -3.76. The molecule has 24 heavy (non-hydrogen) atoms. The Bertz CT molecular complexity index is 1010. The first-order valence-electron chi connectivity index (χ1n) is 6.89. The van der Waals surface area contributed by atoms with Crippen LogP contribution in [0.15, 0.2) is 51.8 Å². The van der Waals surface area contributed by atoms with E-state index in [4.69, 9.17) is 9.56 Å². The highest BCUT2D eigenvalue weighted by Gasteiger charge is 2.09. The number of nitrogens with one attached hydrogen (secondary N) is 2. The molecule has 3 rings (SSSR count). The number of carbonyl (C=O) groups excluding carboxylic acids is 1. The molecule has 2 aromatic carbocycles. The van der Waals surface area contributed by atoms with Gasteiger partial charge in [0.15, 0.2) is 11.5 Å². The summed E-state index contributed by atoms with van der Waals surface area (Å²) in [6.07, 6.45) is 0. The van der Waals surface area contributed by atoms with Gasteiger partial charge in [-0.3, -0.25) is 0 Å². The topological polar surface area (TPSA) is 127 Å². The number of hydrogen-bond donors (Lipinski definition) is 3. The maximum atomic E-state index is 12.0. The zero-order chi connectivity index (χ0) is 17.3. The molecule has 9 heteroatoms. The van der Waals surface area contributed by atoms with E-state index in [-0.39, 0.29) is 4.90 Å². The van der Waals surface area contributed by atoms with E-state index < -0.39 is 16.1 Å². The number of rotatable bonds is 3. The van der Waals surface area contributed by atoms with Crippen LogP contribution in [0.25, 0.3) is 11.1 Å². The predicted octanol–water partition coefficient (Wildman–Crippen LogP) is 2.43. The molecule has 0 aliphatic heterocycles. The van der Waals surface area contributed by atoms with Crippen molar-refractivity contribution in [3.63, 3.8) is 0 Å². The number of oxazole rings is 1. The largest absolute Gasteiger partial charge is 0.441 e. The van der Waals surface area contributed by atoms with Gasteiger partial charge in [0.05, 0.1) is 4.90 Å². The fourth-order valence-corrected chi connectivity index (χ4v) is 2.66. The van der Waals surface area contributed by atoms with Crippen molar-refractivity contribution in [1.29, 1.82) is 0 Å². The average Bonchev–Trinajstić information content (AvgIpc) is 2.86. The van der Waals surface area contributed by atoms with Gasteiger partial charge in [0, 0.05) is 18.3 Å². The Balaban J connectivity index is 1.70. The monoisotopic (exact) mass is 346 g/mol. The Kier molecular flexibility index (Phi) is 3.96. The molecule has 0 saturated heterocycles. The van der Waals surface area contributed by atoms with Crippen molar-refractivity contribution in [1.82, 2.24) is 4.98 Å². The van der Waals surface area contributed by atoms with Crippen LogP contribution in [0.4, 0.5) is 16.2 Å². The van der Waals surface area contributed by atoms with Gasteiger partial charge in [-0.05, 0) is 42.5 Å². The molecule has 0 aliphatic carbocycles. The molecular weight excluding hydrogens is 332 g/mol. The third-order valence-corrected chi connectivity index (χ3v) is 4.12. The maximum absolute atomic E-state index is 12.0. The van der Waals surface area contributed by atoms with E-state index in [1.54, 1.807) is 25.1 Å². The van der Waals surface area contributed by atoms with Crippen molar-refractivity contribution < 1.29 is 17.6 Å². The Labute approximate surface area is 137 Å². The van der Waals surface area contributed by atoms with Crippen LogP contribution in [0.5, 0.6) is 0 Å². The lowest BCUT2D eigenvalue weighted by Gasteiger charge is -2.08. The Morgan fingerprint density at radius 2 is 1.71 bits per heavy atom. The lowest BCUT2D eigenvalue weighted by atomic mass is 10.3. The predicted molar refractivity (Wildman–Crippen MR) is 89.2 cm³/mol. The molecule has 8 nitrogen and oxygen atoms in total. The minimum Gasteiger partial charge on any atom is -0.441 e. The van der Waals surface area contributed by atoms with E-state index in [0.29, 0.717) is 28.4 Å². The second-order valence-corrected chi connectivity index (χ2v) is 6.63. The molecule has 0 unspecified atom stereocenters. The third-order valence-electron chi connectivity index (χ3n) is 3.19. The number of nitrogens with two attached hydrogens (primary N) is 1. The van der Waals surface area contributed by atoms with Crippen LogP contribution in [-0.4, -0.2) is 19.4 Å². The van der Waals surface area contributed by atoms with Gasteiger partial charge in [-0.1, -0.05) is 0 Å². The van der Waals surface area contributed by atoms with Gasteiger partial charge in [-0.2, -0.15) is 0 Å². The zero-order valence-electron chi connectivity index (χ0n) is 12.6. The average molecular weight is 346 g/mol. The highest BCUT2D eigenvalue weighted by Crippen LogP contribution is 2.20. The van der Waals surface area contributed by atoms with Gasteiger partial charge >= 0.3 is 6.03 Å². The number of amides is 2. The van der Waals surface area contributed by atoms with E-state index in [9.17, 15) is 13.2 Å². The highest BCUT2D eigenvalue weighted by atomic mass is 32.2. The van der Waals surface area contributed by atoms with Gasteiger partial charge in [-0.15, -0.1) is 0 Å². The van der Waals surface area contributed by atoms with Crippen molar-refractivity contribution in [3.05, 3.63) is 48.4 Å². The standard InChI is InChI=1S/C15H14N4O4S/c1-9-17-13-8-11(4-7-14(13)23-9)19-15(20)18-10-2-5-12(6-3-10)24(16,21)22/h2-8H,1H3,(H2,16,21,22)(H2,18,19,20). The first-order chi connectivity index (χ1) is 11.3. The van der Waals surface area contributed by atoms with Crippen LogP contribution < -0.4 is 15.8 Å². The lowest BCUT2D eigenvalue weighted by molar-refractivity contribution is 0.262. The van der Waals surface area contributed by atoms with E-state index in [0.717, 1.165) is 0 Å². The number of aromatic nitrogens is 1. The van der Waals surface area contributed by atoms with Gasteiger partial charge in [0.25, 0.3) is 0 Å². The number of benzene rings is 2. The van der Waals surface area contributed by atoms with Crippen molar-refractivity contribution in [2.45, 2.75) is 11.8 Å². The molecule has 0 saturated carbocycles. The first kappa shape index (κ1) is 16.0. The Hall–Kier alpha value is -2.91. The molecule has 0 spiro atoms. The molecule has 1 aromatic heterocycles. The Morgan fingerprint density at radius 1 is 1.08 bits per heavy atom. The summed E-state index contributed by atoms with van der Waals surface area (Å²) in [6, 6.07) is 10.1. The van der Waals surface area contributed by atoms with Crippen molar-refractivity contribution >= 4 is 38.5 Å². The van der Waals surface area contributed by atoms with Crippen LogP contribution in [0, 0.1) is 6.92 Å². The number of urea groups is 1. The number of sulfonamides is 1. The van der Waals surface area contributed by atoms with Crippen molar-refractivity contribution in [3.8, 4) is 0 Å². The SMILES string of the molecule is Cc1nc2cc(NC(=O)Nc3ccc(S(N)(=O)=O)cc3)ccc2o1. The molecular formula is C15H14N4O4S. The van der Waals surface area contributed by atoms with Crippen LogP contribution in [0.3, 0.4) is 0 Å². The van der Waals surface area contributed by atoms with Crippen LogP contribution in [0.1, 0.15) is 5.89 Å². The lowest BCUT2D eigenvalue weighted by Crippen LogP contribution is -2.19. The molecule has 124 valence electrons. The maximum Gasteiger partial charge on any atom is 0.323 e. The first-order valence-corrected chi connectivity index (χ1v) is 8.44. The van der Waals surface area contributed by atoms with Crippen LogP contribution in [-0.2, 0) is 10.0 Å². The quantitative estimate of drug-likeness (QED) is 0.671. The summed E-state index contributed by atoms with van der Waals surface area (Å²) in [6.45, 7) is 1.74. The van der Waals surface area contributed by atoms with E-state index in [1.807, 2.05) is 0 Å². The number of primary sulfonamides is 1. The molecule has 2 amide bonds. The smallest absolute Gasteiger partial charge is 0.323 e. The second kappa shape index (κ2) is 5.95. The number of carbonyl (C=O) groups is 1. The molecule has 4 N–H and O–H groups in total. The zero-order valence-corrected chi connectivity index (χ0v) is 13.4. The summed E-state index contributed by atoms with van der Waals surface area (Å²) >= 11 is 0. The van der Waals surface area contributed by atoms with Gasteiger partial charge in [-0.25, -0.2) is 23.3 Å². The fourth-order valence-electron chi connectivity index (χ4n) is 2.14.